The average Bonchev–Trinajstić information content (AvgIpc) is 2.12. The first-order chi connectivity index (χ1) is 7.27. The Morgan fingerprint density at radius 3 is 1.44 bits per heavy atom. The van der Waals surface area contributed by atoms with E-state index in [4.69, 9.17) is 22.3 Å². The van der Waals surface area contributed by atoms with Crippen molar-refractivity contribution < 1.29 is 19.5 Å². The number of amides is 2. The predicted octanol–water partition coefficient (Wildman–Crippen LogP) is -1.06. The Labute approximate surface area is 94.0 Å². The number of carboxylic acids is 1. The van der Waals surface area contributed by atoms with Gasteiger partial charge in [0.25, 0.3) is 0 Å². The van der Waals surface area contributed by atoms with Gasteiger partial charge in [-0.05, 0) is 19.8 Å². The molecular weight excluding hydrogens is 214 g/mol. The van der Waals surface area contributed by atoms with Crippen LogP contribution in [0.25, 0.3) is 0 Å². The number of carbonyl (C=O) groups excluding carboxylic acids is 2. The highest BCUT2D eigenvalue weighted by Crippen LogP contribution is 1.97. The molecule has 0 fully saturated rings. The van der Waals surface area contributed by atoms with E-state index in [1.807, 2.05) is 0 Å². The molecular formula is C9H19N3O4. The van der Waals surface area contributed by atoms with Gasteiger partial charge in [0, 0.05) is 12.8 Å². The molecule has 94 valence electrons. The molecule has 0 bridgehead atoms. The second-order valence-electron chi connectivity index (χ2n) is 3.27. The summed E-state index contributed by atoms with van der Waals surface area (Å²) in [4.78, 5) is 29.9. The number of hydrogen-bond donors (Lipinski definition) is 4. The highest BCUT2D eigenvalue weighted by Gasteiger charge is 1.99. The Morgan fingerprint density at radius 1 is 1.06 bits per heavy atom. The van der Waals surface area contributed by atoms with Crippen LogP contribution in [0.1, 0.15) is 32.6 Å². The zero-order valence-electron chi connectivity index (χ0n) is 9.31. The Balaban J connectivity index is 0. The maximum absolute atomic E-state index is 10.2. The molecule has 2 amide bonds. The lowest BCUT2D eigenvalue weighted by Gasteiger charge is -1.93. The lowest BCUT2D eigenvalue weighted by Crippen LogP contribution is -2.25. The number of carboxylic acid groups (broad SMARTS) is 1. The van der Waals surface area contributed by atoms with Gasteiger partial charge in [-0.1, -0.05) is 0 Å². The van der Waals surface area contributed by atoms with Gasteiger partial charge >= 0.3 is 5.97 Å². The van der Waals surface area contributed by atoms with Gasteiger partial charge in [0.05, 0.1) is 0 Å². The molecule has 0 aliphatic heterocycles. The van der Waals surface area contributed by atoms with Crippen molar-refractivity contribution in [2.45, 2.75) is 38.6 Å². The number of nitrogens with two attached hydrogens (primary N) is 3. The fourth-order valence-corrected chi connectivity index (χ4v) is 0.598. The van der Waals surface area contributed by atoms with Crippen molar-refractivity contribution in [1.82, 2.24) is 0 Å². The minimum absolute atomic E-state index is 0.329. The van der Waals surface area contributed by atoms with E-state index in [-0.39, 0.29) is 11.8 Å². The predicted molar refractivity (Wildman–Crippen MR) is 58.1 cm³/mol. The van der Waals surface area contributed by atoms with Crippen LogP contribution in [-0.4, -0.2) is 28.9 Å². The molecule has 7 nitrogen and oxygen atoms in total. The third-order valence-electron chi connectivity index (χ3n) is 1.49. The van der Waals surface area contributed by atoms with Crippen LogP contribution in [0.3, 0.4) is 0 Å². The number of unbranched alkanes of at least 4 members (excludes halogenated alkanes) is 1. The molecule has 0 aliphatic rings. The lowest BCUT2D eigenvalue weighted by molar-refractivity contribution is -0.138. The van der Waals surface area contributed by atoms with E-state index in [1.165, 1.54) is 6.92 Å². The van der Waals surface area contributed by atoms with Crippen molar-refractivity contribution in [2.24, 2.45) is 17.2 Å². The fourth-order valence-electron chi connectivity index (χ4n) is 0.598. The third-order valence-corrected chi connectivity index (χ3v) is 1.49. The van der Waals surface area contributed by atoms with E-state index in [0.29, 0.717) is 25.7 Å². The highest BCUT2D eigenvalue weighted by atomic mass is 16.4. The van der Waals surface area contributed by atoms with E-state index in [2.05, 4.69) is 0 Å². The van der Waals surface area contributed by atoms with Crippen LogP contribution in [0.2, 0.25) is 0 Å². The summed E-state index contributed by atoms with van der Waals surface area (Å²) in [7, 11) is 0. The molecule has 0 rings (SSSR count). The molecule has 0 unspecified atom stereocenters. The lowest BCUT2D eigenvalue weighted by atomic mass is 10.2. The topological polar surface area (TPSA) is 150 Å². The first-order valence-corrected chi connectivity index (χ1v) is 4.82. The van der Waals surface area contributed by atoms with Crippen LogP contribution in [-0.2, 0) is 14.4 Å². The van der Waals surface area contributed by atoms with Crippen LogP contribution in [0, 0.1) is 0 Å². The van der Waals surface area contributed by atoms with Crippen molar-refractivity contribution in [3.8, 4) is 0 Å². The molecule has 1 atom stereocenters. The maximum Gasteiger partial charge on any atom is 0.320 e. The third kappa shape index (κ3) is 18.2. The Bertz CT molecular complexity index is 225. The molecule has 0 saturated carbocycles. The van der Waals surface area contributed by atoms with Crippen molar-refractivity contribution >= 4 is 17.8 Å². The summed E-state index contributed by atoms with van der Waals surface area (Å²) in [5.41, 5.74) is 14.5. The van der Waals surface area contributed by atoms with Gasteiger partial charge in [-0.25, -0.2) is 0 Å². The molecule has 0 spiro atoms. The summed E-state index contributed by atoms with van der Waals surface area (Å²) in [5, 5.41) is 7.87. The first kappa shape index (κ1) is 16.8. The quantitative estimate of drug-likeness (QED) is 0.431. The summed E-state index contributed by atoms with van der Waals surface area (Å²) >= 11 is 0. The second kappa shape index (κ2) is 9.91. The maximum atomic E-state index is 10.2. The van der Waals surface area contributed by atoms with Crippen molar-refractivity contribution in [2.75, 3.05) is 0 Å². The molecule has 16 heavy (non-hydrogen) atoms. The zero-order chi connectivity index (χ0) is 13.1. The van der Waals surface area contributed by atoms with Gasteiger partial charge in [0.15, 0.2) is 0 Å². The van der Waals surface area contributed by atoms with Crippen LogP contribution in [0.5, 0.6) is 0 Å². The Hall–Kier alpha value is -1.63. The molecule has 7 N–H and O–H groups in total. The van der Waals surface area contributed by atoms with Crippen LogP contribution < -0.4 is 17.2 Å². The molecule has 0 aromatic carbocycles. The van der Waals surface area contributed by atoms with Gasteiger partial charge in [-0.2, -0.15) is 0 Å². The summed E-state index contributed by atoms with van der Waals surface area (Å²) in [6.45, 7) is 1.42. The SMILES string of the molecule is C[C@H](N)C(=O)O.NC(=O)CCCCC(N)=O. The largest absolute Gasteiger partial charge is 0.480 e. The molecule has 7 heteroatoms. The van der Waals surface area contributed by atoms with Crippen molar-refractivity contribution in [1.29, 1.82) is 0 Å². The summed E-state index contributed by atoms with van der Waals surface area (Å²) in [6, 6.07) is -0.731. The zero-order valence-corrected chi connectivity index (χ0v) is 9.31. The first-order valence-electron chi connectivity index (χ1n) is 4.82. The fraction of sp³-hybridized carbons (Fsp3) is 0.667. The van der Waals surface area contributed by atoms with E-state index in [0.717, 1.165) is 0 Å². The van der Waals surface area contributed by atoms with Crippen molar-refractivity contribution in [3.63, 3.8) is 0 Å². The van der Waals surface area contributed by atoms with Gasteiger partial charge < -0.3 is 22.3 Å². The molecule has 0 aromatic heterocycles. The van der Waals surface area contributed by atoms with E-state index in [9.17, 15) is 14.4 Å². The Kier molecular flexibility index (Phi) is 10.4. The molecule has 0 saturated heterocycles. The Morgan fingerprint density at radius 2 is 1.31 bits per heavy atom. The average molecular weight is 233 g/mol. The van der Waals surface area contributed by atoms with Gasteiger partial charge in [-0.3, -0.25) is 14.4 Å². The smallest absolute Gasteiger partial charge is 0.320 e. The van der Waals surface area contributed by atoms with Crippen LogP contribution >= 0.6 is 0 Å². The van der Waals surface area contributed by atoms with Gasteiger partial charge in [0.1, 0.15) is 6.04 Å². The van der Waals surface area contributed by atoms with Crippen LogP contribution in [0.15, 0.2) is 0 Å². The standard InChI is InChI=1S/C6H12N2O2.C3H7NO2/c7-5(9)3-1-2-4-6(8)10;1-2(4)3(5)6/h1-4H2,(H2,7,9)(H2,8,10);2H,4H2,1H3,(H,5,6)/t;2-/m.0/s1. The van der Waals surface area contributed by atoms with E-state index in [1.54, 1.807) is 0 Å². The van der Waals surface area contributed by atoms with Gasteiger partial charge in [-0.15, -0.1) is 0 Å². The molecule has 0 heterocycles. The molecule has 0 aliphatic carbocycles. The number of aliphatic carboxylic acids is 1. The number of rotatable bonds is 6. The summed E-state index contributed by atoms with van der Waals surface area (Å²) in [6.07, 6.45) is 1.98. The molecule has 0 aromatic rings. The number of primary amides is 2. The number of carbonyl (C=O) groups is 3. The van der Waals surface area contributed by atoms with Crippen LogP contribution in [0.4, 0.5) is 0 Å². The minimum atomic E-state index is -0.963. The van der Waals surface area contributed by atoms with E-state index < -0.39 is 12.0 Å². The van der Waals surface area contributed by atoms with Gasteiger partial charge in [0.2, 0.25) is 11.8 Å². The normalized spacial score (nSPS) is 10.9. The van der Waals surface area contributed by atoms with E-state index >= 15 is 0 Å². The van der Waals surface area contributed by atoms with Crippen molar-refractivity contribution in [3.05, 3.63) is 0 Å². The number of hydrogen-bond acceptors (Lipinski definition) is 4. The summed E-state index contributed by atoms with van der Waals surface area (Å²) in [5.74, 6) is -1.62. The summed E-state index contributed by atoms with van der Waals surface area (Å²) < 4.78 is 0. The monoisotopic (exact) mass is 233 g/mol. The molecule has 0 radical (unpaired) electrons. The minimum Gasteiger partial charge on any atom is -0.480 e. The second-order valence-corrected chi connectivity index (χ2v) is 3.27. The highest BCUT2D eigenvalue weighted by molar-refractivity contribution is 5.74.